The van der Waals surface area contributed by atoms with Crippen LogP contribution in [0.5, 0.6) is 0 Å². The first-order valence-corrected chi connectivity index (χ1v) is 59.8. The summed E-state index contributed by atoms with van der Waals surface area (Å²) in [6.07, 6.45) is 0. The molecule has 0 atom stereocenters. The average molecular weight is 1470 g/mol. The third kappa shape index (κ3) is 17.4. The number of halogens is 6. The van der Waals surface area contributed by atoms with E-state index in [9.17, 15) is 0 Å². The molecule has 0 spiro atoms. The number of rotatable bonds is 24. The van der Waals surface area contributed by atoms with Crippen molar-refractivity contribution in [2.24, 2.45) is 0 Å². The summed E-state index contributed by atoms with van der Waals surface area (Å²) in [5, 5.41) is 3.10. The van der Waals surface area contributed by atoms with Crippen LogP contribution in [0.4, 0.5) is 0 Å². The minimum atomic E-state index is -5.04. The van der Waals surface area contributed by atoms with Gasteiger partial charge in [-0.25, -0.2) is 0 Å². The predicted molar refractivity (Wildman–Crippen MR) is 373 cm³/mol. The van der Waals surface area contributed by atoms with Crippen LogP contribution in [0.15, 0.2) is 182 Å². The predicted octanol–water partition coefficient (Wildman–Crippen LogP) is 11.2. The lowest BCUT2D eigenvalue weighted by atomic mass is 10.4. The van der Waals surface area contributed by atoms with Crippen LogP contribution >= 0.6 is 69.6 Å². The van der Waals surface area contributed by atoms with E-state index in [1.165, 1.54) is 0 Å². The second kappa shape index (κ2) is 28.8. The summed E-state index contributed by atoms with van der Waals surface area (Å²) >= 11 is 43.1. The maximum Gasteiger partial charge on any atom is 0.512 e. The molecule has 456 valence electrons. The topological polar surface area (TPSA) is 111 Å². The molecule has 1 saturated heterocycles. The molecular formula is C54H78Cl6O12Si12. The fraction of sp³-hybridized carbons (Fsp3) is 0.333. The normalized spacial score (nSPS) is 25.4. The molecule has 1 aliphatic rings. The van der Waals surface area contributed by atoms with Crippen LogP contribution in [0, 0.1) is 0 Å². The molecule has 1 aliphatic heterocycles. The van der Waals surface area contributed by atoms with E-state index in [1.807, 2.05) is 261 Å². The van der Waals surface area contributed by atoms with E-state index < -0.39 is 103 Å². The zero-order valence-corrected chi connectivity index (χ0v) is 66.3. The van der Waals surface area contributed by atoms with E-state index in [0.717, 1.165) is 0 Å². The van der Waals surface area contributed by atoms with Crippen LogP contribution < -0.4 is 31.1 Å². The molecule has 12 nitrogen and oxygen atoms in total. The smallest absolute Gasteiger partial charge is 0.412 e. The van der Waals surface area contributed by atoms with Gasteiger partial charge in [0.25, 0.3) is 0 Å². The molecule has 84 heavy (non-hydrogen) atoms. The molecule has 7 rings (SSSR count). The Morgan fingerprint density at radius 3 is 0.429 bits per heavy atom. The standard InChI is InChI=1S/C54H78Cl6O12Si12/c1-73(2,43-55)61-79(49-31-19-13-20-32-49)67-80(62-74(3,4)44-56,50-33-21-14-22-34-50)69-82(64-76(7,8)46-58,52-37-25-16-26-38-52)71-84(66-78(11,12)48-60,54-41-29-18-30-42-54)72-83(65-77(9,10)47-59,53-39-27-17-28-40-53)70-81(68-79,63-75(5,6)45-57)51-35-23-15-24-36-51/h13-42H,43-48H2,1-12H3. The van der Waals surface area contributed by atoms with Gasteiger partial charge in [-0.05, 0) is 78.6 Å². The van der Waals surface area contributed by atoms with Crippen LogP contribution in [0.2, 0.25) is 78.6 Å². The molecule has 0 saturated carbocycles. The van der Waals surface area contributed by atoms with Gasteiger partial charge in [-0.15, -0.1) is 69.6 Å². The van der Waals surface area contributed by atoms with Crippen LogP contribution in [-0.4, -0.2) is 136 Å². The molecule has 0 amide bonds. The molecular weight excluding hydrogens is 1390 g/mol. The summed E-state index contributed by atoms with van der Waals surface area (Å²) in [5.74, 6) is 0. The largest absolute Gasteiger partial charge is 0.512 e. The van der Waals surface area contributed by atoms with Crippen molar-refractivity contribution in [3.63, 3.8) is 0 Å². The van der Waals surface area contributed by atoms with Gasteiger partial charge in [-0.3, -0.25) is 0 Å². The van der Waals surface area contributed by atoms with Crippen molar-refractivity contribution in [2.45, 2.75) is 78.6 Å². The Hall–Kier alpha value is -0.817. The first-order valence-electron chi connectivity index (χ1n) is 27.6. The molecule has 6 aromatic rings. The van der Waals surface area contributed by atoms with Gasteiger partial charge in [0.05, 0.1) is 0 Å². The zero-order chi connectivity index (χ0) is 61.4. The van der Waals surface area contributed by atoms with Gasteiger partial charge in [0, 0.05) is 64.1 Å². The van der Waals surface area contributed by atoms with Gasteiger partial charge >= 0.3 is 52.8 Å². The second-order valence-corrected chi connectivity index (χ2v) is 71.6. The highest BCUT2D eigenvalue weighted by molar-refractivity contribution is 7.08. The highest BCUT2D eigenvalue weighted by atomic mass is 35.5. The van der Waals surface area contributed by atoms with E-state index in [1.54, 1.807) is 0 Å². The third-order valence-electron chi connectivity index (χ3n) is 12.8. The van der Waals surface area contributed by atoms with Crippen LogP contribution in [0.1, 0.15) is 0 Å². The van der Waals surface area contributed by atoms with Gasteiger partial charge in [0.1, 0.15) is 0 Å². The Labute approximate surface area is 541 Å². The summed E-state index contributed by atoms with van der Waals surface area (Å²) in [6, 6.07) is 57.6. The van der Waals surface area contributed by atoms with E-state index in [4.69, 9.17) is 119 Å². The fourth-order valence-electron chi connectivity index (χ4n) is 8.70. The van der Waals surface area contributed by atoms with Crippen molar-refractivity contribution < 1.29 is 49.4 Å². The number of hydrogen-bond donors (Lipinski definition) is 0. The van der Waals surface area contributed by atoms with Crippen LogP contribution in [-0.2, 0) is 49.4 Å². The minimum absolute atomic E-state index is 0.103. The maximum atomic E-state index is 8.53. The minimum Gasteiger partial charge on any atom is -0.412 e. The summed E-state index contributed by atoms with van der Waals surface area (Å²) < 4.78 is 99.0. The molecule has 0 bridgehead atoms. The molecule has 6 aromatic carbocycles. The molecule has 1 heterocycles. The quantitative estimate of drug-likeness (QED) is 0.0425. The summed E-state index contributed by atoms with van der Waals surface area (Å²) in [7, 11) is -49.6. The molecule has 0 N–H and O–H groups in total. The van der Waals surface area contributed by atoms with Gasteiger partial charge < -0.3 is 49.4 Å². The highest BCUT2D eigenvalue weighted by Crippen LogP contribution is 2.40. The van der Waals surface area contributed by atoms with Gasteiger partial charge in [-0.2, -0.15) is 0 Å². The average Bonchev–Trinajstić information content (AvgIpc) is 0.818. The Morgan fingerprint density at radius 1 is 0.226 bits per heavy atom. The lowest BCUT2D eigenvalue weighted by Gasteiger charge is -2.54. The maximum absolute atomic E-state index is 8.53. The van der Waals surface area contributed by atoms with Crippen LogP contribution in [0.3, 0.4) is 0 Å². The van der Waals surface area contributed by atoms with Gasteiger partial charge in [-0.1, -0.05) is 182 Å². The molecule has 30 heteroatoms. The molecule has 0 unspecified atom stereocenters. The van der Waals surface area contributed by atoms with Crippen molar-refractivity contribution in [3.8, 4) is 0 Å². The lowest BCUT2D eigenvalue weighted by molar-refractivity contribution is 0.105. The highest BCUT2D eigenvalue weighted by Gasteiger charge is 2.74. The first-order chi connectivity index (χ1) is 39.5. The lowest BCUT2D eigenvalue weighted by Crippen LogP contribution is -2.85. The second-order valence-electron chi connectivity index (χ2n) is 24.1. The Bertz CT molecular complexity index is 2480. The molecule has 0 aliphatic carbocycles. The number of alkyl halides is 6. The van der Waals surface area contributed by atoms with E-state index in [-0.39, 0.29) is 33.0 Å². The Morgan fingerprint density at radius 2 is 0.333 bits per heavy atom. The number of benzene rings is 6. The zero-order valence-electron chi connectivity index (χ0n) is 49.7. The van der Waals surface area contributed by atoms with Crippen molar-refractivity contribution >= 4 is 203 Å². The summed E-state index contributed by atoms with van der Waals surface area (Å²) in [4.78, 5) is 0. The number of hydrogen-bond acceptors (Lipinski definition) is 12. The third-order valence-corrected chi connectivity index (χ3v) is 67.1. The van der Waals surface area contributed by atoms with E-state index in [0.29, 0.717) is 31.1 Å². The van der Waals surface area contributed by atoms with Crippen molar-refractivity contribution in [1.29, 1.82) is 0 Å². The van der Waals surface area contributed by atoms with Crippen LogP contribution in [0.25, 0.3) is 0 Å². The Kier molecular flexibility index (Phi) is 24.2. The monoisotopic (exact) mass is 1460 g/mol. The first kappa shape index (κ1) is 70.6. The SMILES string of the molecule is C[Si](C)(CCl)O[Si]1(c2ccccc2)O[Si](O[Si](C)(C)CCl)(c2ccccc2)O[Si](O[Si](C)(C)CCl)(c2ccccc2)O[Si](O[Si](C)(C)CCl)(c2ccccc2)O[Si](O[Si](C)(C)CCl)(c2ccccc2)O[Si](O[Si](C)(C)CCl)(c2ccccc2)O1. The van der Waals surface area contributed by atoms with Gasteiger partial charge in [0.15, 0.2) is 49.9 Å². The van der Waals surface area contributed by atoms with E-state index >= 15 is 0 Å². The fourth-order valence-corrected chi connectivity index (χ4v) is 60.7. The van der Waals surface area contributed by atoms with Crippen molar-refractivity contribution in [1.82, 2.24) is 0 Å². The molecule has 0 aromatic heterocycles. The molecule has 0 radical (unpaired) electrons. The summed E-state index contributed by atoms with van der Waals surface area (Å²) in [6.45, 7) is 24.2. The van der Waals surface area contributed by atoms with Crippen molar-refractivity contribution in [2.75, 3.05) is 33.0 Å². The van der Waals surface area contributed by atoms with Gasteiger partial charge in [0.2, 0.25) is 0 Å². The summed E-state index contributed by atoms with van der Waals surface area (Å²) in [5.41, 5.74) is 0.619. The van der Waals surface area contributed by atoms with Crippen molar-refractivity contribution in [3.05, 3.63) is 182 Å². The van der Waals surface area contributed by atoms with E-state index in [2.05, 4.69) is 0 Å². The Balaban J connectivity index is 1.89. The molecule has 1 fully saturated rings.